The molecule has 0 aliphatic carbocycles. The Bertz CT molecular complexity index is 619. The minimum atomic E-state index is -3.33. The highest BCUT2D eigenvalue weighted by Crippen LogP contribution is 2.38. The van der Waals surface area contributed by atoms with Gasteiger partial charge in [-0.25, -0.2) is 8.42 Å². The van der Waals surface area contributed by atoms with Crippen LogP contribution in [0.1, 0.15) is 32.6 Å². The van der Waals surface area contributed by atoms with Crippen LogP contribution in [0, 0.1) is 5.92 Å². The summed E-state index contributed by atoms with van der Waals surface area (Å²) in [6.07, 6.45) is 3.90. The van der Waals surface area contributed by atoms with Crippen LogP contribution in [0.4, 0.5) is 0 Å². The van der Waals surface area contributed by atoms with E-state index in [0.29, 0.717) is 22.1 Å². The van der Waals surface area contributed by atoms with Gasteiger partial charge < -0.3 is 4.90 Å². The molecule has 1 atom stereocenters. The number of piperidine rings is 1. The number of fused-ring (bicyclic) bond motifs is 1. The van der Waals surface area contributed by atoms with Gasteiger partial charge in [-0.1, -0.05) is 25.1 Å². The van der Waals surface area contributed by atoms with E-state index in [0.717, 1.165) is 31.6 Å². The predicted molar refractivity (Wildman–Crippen MR) is 79.9 cm³/mol. The lowest BCUT2D eigenvalue weighted by molar-refractivity contribution is 0.232. The van der Waals surface area contributed by atoms with Gasteiger partial charge in [0.1, 0.15) is 0 Å². The summed E-state index contributed by atoms with van der Waals surface area (Å²) in [7, 11) is -3.33. The molecule has 0 radical (unpaired) electrons. The molecule has 0 bridgehead atoms. The molecule has 3 rings (SSSR count). The van der Waals surface area contributed by atoms with Crippen LogP contribution in [0.25, 0.3) is 0 Å². The molecule has 3 nitrogen and oxygen atoms in total. The molecule has 1 fully saturated rings. The maximum absolute atomic E-state index is 12.9. The Hall–Kier alpha value is -1.29. The Morgan fingerprint density at radius 3 is 2.55 bits per heavy atom. The van der Waals surface area contributed by atoms with Gasteiger partial charge >= 0.3 is 0 Å². The molecule has 0 spiro atoms. The topological polar surface area (TPSA) is 37.4 Å². The van der Waals surface area contributed by atoms with Crippen molar-refractivity contribution in [1.29, 1.82) is 0 Å². The van der Waals surface area contributed by atoms with E-state index >= 15 is 0 Å². The number of sulfone groups is 1. The third-order valence-electron chi connectivity index (χ3n) is 4.37. The zero-order chi connectivity index (χ0) is 14.2. The second-order valence-electron chi connectivity index (χ2n) is 5.76. The number of hydrogen-bond acceptors (Lipinski definition) is 3. The van der Waals surface area contributed by atoms with Crippen molar-refractivity contribution in [2.75, 3.05) is 13.1 Å². The smallest absolute Gasteiger partial charge is 0.204 e. The summed E-state index contributed by atoms with van der Waals surface area (Å²) in [5, 5.41) is 0. The van der Waals surface area contributed by atoms with Crippen molar-refractivity contribution < 1.29 is 8.42 Å². The van der Waals surface area contributed by atoms with Crippen LogP contribution in [0.3, 0.4) is 0 Å². The average Bonchev–Trinajstić information content (AvgIpc) is 2.48. The van der Waals surface area contributed by atoms with E-state index in [4.69, 9.17) is 0 Å². The van der Waals surface area contributed by atoms with Crippen LogP contribution in [0.2, 0.25) is 0 Å². The maximum Gasteiger partial charge on any atom is 0.204 e. The van der Waals surface area contributed by atoms with Crippen molar-refractivity contribution >= 4 is 9.84 Å². The Morgan fingerprint density at radius 2 is 1.80 bits per heavy atom. The van der Waals surface area contributed by atoms with Crippen molar-refractivity contribution in [2.45, 2.75) is 37.5 Å². The molecule has 2 aliphatic rings. The molecule has 0 N–H and O–H groups in total. The second kappa shape index (κ2) is 5.24. The summed E-state index contributed by atoms with van der Waals surface area (Å²) in [6, 6.07) is 8.85. The number of hydrogen-bond donors (Lipinski definition) is 0. The molecule has 20 heavy (non-hydrogen) atoms. The molecule has 0 amide bonds. The summed E-state index contributed by atoms with van der Waals surface area (Å²) >= 11 is 0. The van der Waals surface area contributed by atoms with Crippen LogP contribution in [0.15, 0.2) is 45.8 Å². The van der Waals surface area contributed by atoms with Crippen molar-refractivity contribution in [3.8, 4) is 0 Å². The molecule has 108 valence electrons. The lowest BCUT2D eigenvalue weighted by atomic mass is 9.92. The fraction of sp³-hybridized carbons (Fsp3) is 0.500. The molecule has 2 aliphatic heterocycles. The number of benzene rings is 1. The quantitative estimate of drug-likeness (QED) is 0.839. The van der Waals surface area contributed by atoms with Gasteiger partial charge in [-0.3, -0.25) is 0 Å². The van der Waals surface area contributed by atoms with E-state index in [1.165, 1.54) is 6.42 Å². The zero-order valence-electron chi connectivity index (χ0n) is 11.9. The van der Waals surface area contributed by atoms with E-state index in [1.807, 2.05) is 6.07 Å². The normalized spacial score (nSPS) is 23.6. The summed E-state index contributed by atoms with van der Waals surface area (Å²) in [5.74, 6) is 0.359. The summed E-state index contributed by atoms with van der Waals surface area (Å²) in [5.41, 5.74) is 1.09. The van der Waals surface area contributed by atoms with E-state index in [9.17, 15) is 8.42 Å². The Labute approximate surface area is 121 Å². The molecular formula is C16H21NO2S. The minimum Gasteiger partial charge on any atom is -0.374 e. The van der Waals surface area contributed by atoms with Crippen LogP contribution >= 0.6 is 0 Å². The third kappa shape index (κ3) is 2.26. The SMILES string of the molecule is CC1CCCN2CCCC(S(=O)(=O)c3ccccc3)=C12. The Balaban J connectivity index is 2.11. The largest absolute Gasteiger partial charge is 0.374 e. The van der Waals surface area contributed by atoms with Crippen molar-refractivity contribution in [3.63, 3.8) is 0 Å². The first kappa shape index (κ1) is 13.7. The highest BCUT2D eigenvalue weighted by molar-refractivity contribution is 7.95. The van der Waals surface area contributed by atoms with Crippen LogP contribution in [0.5, 0.6) is 0 Å². The zero-order valence-corrected chi connectivity index (χ0v) is 12.7. The Morgan fingerprint density at radius 1 is 1.10 bits per heavy atom. The van der Waals surface area contributed by atoms with Gasteiger partial charge in [-0.15, -0.1) is 0 Å². The van der Waals surface area contributed by atoms with Crippen molar-refractivity contribution in [2.24, 2.45) is 5.92 Å². The molecule has 0 aromatic heterocycles. The summed E-state index contributed by atoms with van der Waals surface area (Å²) in [6.45, 7) is 4.17. The van der Waals surface area contributed by atoms with E-state index in [-0.39, 0.29) is 0 Å². The predicted octanol–water partition coefficient (Wildman–Crippen LogP) is 3.20. The first-order chi connectivity index (χ1) is 9.60. The van der Waals surface area contributed by atoms with Crippen LogP contribution < -0.4 is 0 Å². The second-order valence-corrected chi connectivity index (χ2v) is 7.73. The first-order valence-electron chi connectivity index (χ1n) is 7.39. The third-order valence-corrected chi connectivity index (χ3v) is 6.32. The molecule has 4 heteroatoms. The summed E-state index contributed by atoms with van der Waals surface area (Å²) in [4.78, 5) is 3.40. The maximum atomic E-state index is 12.9. The highest BCUT2D eigenvalue weighted by Gasteiger charge is 2.34. The fourth-order valence-corrected chi connectivity index (χ4v) is 5.23. The molecule has 2 heterocycles. The minimum absolute atomic E-state index is 0.359. The van der Waals surface area contributed by atoms with Crippen LogP contribution in [-0.2, 0) is 9.84 Å². The van der Waals surface area contributed by atoms with Gasteiger partial charge in [0.15, 0.2) is 0 Å². The van der Waals surface area contributed by atoms with Gasteiger partial charge in [-0.05, 0) is 43.7 Å². The van der Waals surface area contributed by atoms with E-state index in [1.54, 1.807) is 24.3 Å². The molecule has 1 unspecified atom stereocenters. The van der Waals surface area contributed by atoms with Gasteiger partial charge in [0, 0.05) is 18.8 Å². The summed E-state index contributed by atoms with van der Waals surface area (Å²) < 4.78 is 25.8. The van der Waals surface area contributed by atoms with Gasteiger partial charge in [0.2, 0.25) is 9.84 Å². The number of rotatable bonds is 2. The Kier molecular flexibility index (Phi) is 3.59. The van der Waals surface area contributed by atoms with Crippen LogP contribution in [-0.4, -0.2) is 26.4 Å². The molecular weight excluding hydrogens is 270 g/mol. The van der Waals surface area contributed by atoms with Gasteiger partial charge in [0.05, 0.1) is 9.80 Å². The average molecular weight is 291 g/mol. The molecule has 1 aromatic rings. The van der Waals surface area contributed by atoms with E-state index in [2.05, 4.69) is 11.8 Å². The van der Waals surface area contributed by atoms with Crippen molar-refractivity contribution in [3.05, 3.63) is 40.9 Å². The van der Waals surface area contributed by atoms with E-state index < -0.39 is 9.84 Å². The fourth-order valence-electron chi connectivity index (χ4n) is 3.41. The first-order valence-corrected chi connectivity index (χ1v) is 8.87. The van der Waals surface area contributed by atoms with Crippen molar-refractivity contribution in [1.82, 2.24) is 4.90 Å². The molecule has 1 saturated heterocycles. The highest BCUT2D eigenvalue weighted by atomic mass is 32.2. The number of nitrogens with zero attached hydrogens (tertiary/aromatic N) is 1. The van der Waals surface area contributed by atoms with Gasteiger partial charge in [0.25, 0.3) is 0 Å². The lowest BCUT2D eigenvalue weighted by Gasteiger charge is -2.40. The molecule has 0 saturated carbocycles. The van der Waals surface area contributed by atoms with Gasteiger partial charge in [-0.2, -0.15) is 0 Å². The lowest BCUT2D eigenvalue weighted by Crippen LogP contribution is -2.38. The number of allylic oxidation sites excluding steroid dienone is 2. The monoisotopic (exact) mass is 291 g/mol. The standard InChI is InChI=1S/C16H21NO2S/c1-13-7-5-11-17-12-6-10-15(16(13)17)20(18,19)14-8-3-2-4-9-14/h2-4,8-9,13H,5-7,10-12H2,1H3. The molecule has 1 aromatic carbocycles.